The highest BCUT2D eigenvalue weighted by molar-refractivity contribution is 5.78. The van der Waals surface area contributed by atoms with E-state index in [1.54, 1.807) is 6.07 Å². The van der Waals surface area contributed by atoms with Gasteiger partial charge in [0.05, 0.1) is 12.6 Å². The molecular formula is C19H28FN3O2. The number of hydrogen-bond acceptors (Lipinski definition) is 4. The van der Waals surface area contributed by atoms with Gasteiger partial charge in [-0.3, -0.25) is 14.6 Å². The fourth-order valence-corrected chi connectivity index (χ4v) is 3.71. The number of carbonyl (C=O) groups excluding carboxylic acids is 1. The van der Waals surface area contributed by atoms with Crippen molar-refractivity contribution in [1.82, 2.24) is 14.7 Å². The number of rotatable bonds is 4. The zero-order chi connectivity index (χ0) is 17.6. The van der Waals surface area contributed by atoms with E-state index in [2.05, 4.69) is 9.80 Å². The normalized spacial score (nSPS) is 23.4. The number of benzene rings is 1. The molecule has 2 fully saturated rings. The summed E-state index contributed by atoms with van der Waals surface area (Å²) in [6, 6.07) is 6.89. The molecule has 0 aliphatic carbocycles. The molecule has 2 aliphatic rings. The molecule has 25 heavy (non-hydrogen) atoms. The SMILES string of the molecule is O=C(CN1CCC[C@H](O)C1)N1CCCN(Cc2ccccc2F)CC1. The van der Waals surface area contributed by atoms with Crippen LogP contribution >= 0.6 is 0 Å². The number of halogens is 1. The van der Waals surface area contributed by atoms with Gasteiger partial charge in [0.25, 0.3) is 0 Å². The number of likely N-dealkylation sites (tertiary alicyclic amines) is 1. The Balaban J connectivity index is 1.49. The highest BCUT2D eigenvalue weighted by Crippen LogP contribution is 2.14. The first-order valence-corrected chi connectivity index (χ1v) is 9.26. The van der Waals surface area contributed by atoms with Crippen LogP contribution in [0.4, 0.5) is 4.39 Å². The van der Waals surface area contributed by atoms with Crippen molar-refractivity contribution >= 4 is 5.91 Å². The van der Waals surface area contributed by atoms with Crippen LogP contribution in [0.3, 0.4) is 0 Å². The van der Waals surface area contributed by atoms with Crippen LogP contribution in [0.1, 0.15) is 24.8 Å². The second-order valence-corrected chi connectivity index (χ2v) is 7.13. The predicted molar refractivity (Wildman–Crippen MR) is 94.6 cm³/mol. The summed E-state index contributed by atoms with van der Waals surface area (Å²) in [6.45, 7) is 5.54. The lowest BCUT2D eigenvalue weighted by atomic mass is 10.1. The molecule has 0 radical (unpaired) electrons. The summed E-state index contributed by atoms with van der Waals surface area (Å²) in [4.78, 5) is 18.8. The molecule has 1 aromatic carbocycles. The lowest BCUT2D eigenvalue weighted by Crippen LogP contribution is -2.46. The van der Waals surface area contributed by atoms with E-state index in [4.69, 9.17) is 0 Å². The van der Waals surface area contributed by atoms with Gasteiger partial charge in [-0.15, -0.1) is 0 Å². The largest absolute Gasteiger partial charge is 0.392 e. The van der Waals surface area contributed by atoms with Crippen LogP contribution in [0, 0.1) is 5.82 Å². The third-order valence-corrected chi connectivity index (χ3v) is 5.13. The topological polar surface area (TPSA) is 47.0 Å². The Kier molecular flexibility index (Phi) is 6.39. The zero-order valence-corrected chi connectivity index (χ0v) is 14.7. The van der Waals surface area contributed by atoms with Gasteiger partial charge in [-0.05, 0) is 31.9 Å². The van der Waals surface area contributed by atoms with Crippen molar-refractivity contribution < 1.29 is 14.3 Å². The summed E-state index contributed by atoms with van der Waals surface area (Å²) in [5.41, 5.74) is 0.713. The summed E-state index contributed by atoms with van der Waals surface area (Å²) in [5.74, 6) is -0.0230. The predicted octanol–water partition coefficient (Wildman–Crippen LogP) is 1.32. The van der Waals surface area contributed by atoms with E-state index in [0.29, 0.717) is 31.7 Å². The molecule has 0 saturated carbocycles. The van der Waals surface area contributed by atoms with Crippen LogP contribution in [0.25, 0.3) is 0 Å². The van der Waals surface area contributed by atoms with Gasteiger partial charge in [-0.1, -0.05) is 18.2 Å². The highest BCUT2D eigenvalue weighted by Gasteiger charge is 2.24. The van der Waals surface area contributed by atoms with Crippen molar-refractivity contribution in [2.75, 3.05) is 45.8 Å². The molecular weight excluding hydrogens is 321 g/mol. The van der Waals surface area contributed by atoms with Crippen LogP contribution in [0.2, 0.25) is 0 Å². The molecule has 1 aromatic rings. The van der Waals surface area contributed by atoms with Crippen molar-refractivity contribution in [3.63, 3.8) is 0 Å². The third-order valence-electron chi connectivity index (χ3n) is 5.13. The van der Waals surface area contributed by atoms with E-state index in [-0.39, 0.29) is 17.8 Å². The maximum absolute atomic E-state index is 13.8. The molecule has 1 atom stereocenters. The average molecular weight is 349 g/mol. The Morgan fingerprint density at radius 3 is 2.68 bits per heavy atom. The van der Waals surface area contributed by atoms with Gasteiger partial charge in [0, 0.05) is 44.8 Å². The molecule has 2 aliphatic heterocycles. The smallest absolute Gasteiger partial charge is 0.236 e. The minimum absolute atomic E-state index is 0.141. The first-order chi connectivity index (χ1) is 12.1. The summed E-state index contributed by atoms with van der Waals surface area (Å²) in [5, 5.41) is 9.74. The van der Waals surface area contributed by atoms with Gasteiger partial charge in [0.15, 0.2) is 0 Å². The second-order valence-electron chi connectivity index (χ2n) is 7.13. The zero-order valence-electron chi connectivity index (χ0n) is 14.7. The Morgan fingerprint density at radius 1 is 1.08 bits per heavy atom. The van der Waals surface area contributed by atoms with E-state index in [1.165, 1.54) is 6.07 Å². The monoisotopic (exact) mass is 349 g/mol. The number of carbonyl (C=O) groups is 1. The molecule has 0 unspecified atom stereocenters. The Hall–Kier alpha value is -1.50. The van der Waals surface area contributed by atoms with Crippen LogP contribution in [-0.4, -0.2) is 77.6 Å². The van der Waals surface area contributed by atoms with Gasteiger partial charge < -0.3 is 10.0 Å². The molecule has 0 aromatic heterocycles. The molecule has 138 valence electrons. The number of piperidine rings is 1. The fourth-order valence-electron chi connectivity index (χ4n) is 3.71. The summed E-state index contributed by atoms with van der Waals surface area (Å²) < 4.78 is 13.8. The van der Waals surface area contributed by atoms with Crippen molar-refractivity contribution in [3.8, 4) is 0 Å². The van der Waals surface area contributed by atoms with E-state index in [0.717, 1.165) is 45.4 Å². The van der Waals surface area contributed by atoms with Gasteiger partial charge in [-0.25, -0.2) is 4.39 Å². The maximum atomic E-state index is 13.8. The minimum Gasteiger partial charge on any atom is -0.392 e. The quantitative estimate of drug-likeness (QED) is 0.891. The van der Waals surface area contributed by atoms with E-state index in [1.807, 2.05) is 17.0 Å². The number of amides is 1. The van der Waals surface area contributed by atoms with E-state index >= 15 is 0 Å². The number of aliphatic hydroxyl groups excluding tert-OH is 1. The lowest BCUT2D eigenvalue weighted by molar-refractivity contribution is -0.133. The Labute approximate surface area is 149 Å². The first-order valence-electron chi connectivity index (χ1n) is 9.26. The molecule has 0 spiro atoms. The van der Waals surface area contributed by atoms with Crippen molar-refractivity contribution in [2.45, 2.75) is 31.9 Å². The number of hydrogen-bond donors (Lipinski definition) is 1. The summed E-state index contributed by atoms with van der Waals surface area (Å²) >= 11 is 0. The summed E-state index contributed by atoms with van der Waals surface area (Å²) in [6.07, 6.45) is 2.38. The molecule has 6 heteroatoms. The molecule has 1 N–H and O–H groups in total. The van der Waals surface area contributed by atoms with Crippen molar-refractivity contribution in [2.24, 2.45) is 0 Å². The number of β-amino-alcohol motifs (C(OH)–C–C–N with tert-alkyl or cyclic N) is 1. The van der Waals surface area contributed by atoms with Crippen LogP contribution in [0.15, 0.2) is 24.3 Å². The average Bonchev–Trinajstić information content (AvgIpc) is 2.83. The van der Waals surface area contributed by atoms with Gasteiger partial charge in [-0.2, -0.15) is 0 Å². The molecule has 1 amide bonds. The Bertz CT molecular complexity index is 584. The number of aliphatic hydroxyl groups is 1. The Morgan fingerprint density at radius 2 is 1.88 bits per heavy atom. The minimum atomic E-state index is -0.304. The van der Waals surface area contributed by atoms with E-state index < -0.39 is 0 Å². The van der Waals surface area contributed by atoms with Gasteiger partial charge in [0.2, 0.25) is 5.91 Å². The van der Waals surface area contributed by atoms with Gasteiger partial charge in [0.1, 0.15) is 5.82 Å². The van der Waals surface area contributed by atoms with Crippen LogP contribution < -0.4 is 0 Å². The molecule has 0 bridgehead atoms. The number of nitrogens with zero attached hydrogens (tertiary/aromatic N) is 3. The molecule has 2 heterocycles. The van der Waals surface area contributed by atoms with Gasteiger partial charge >= 0.3 is 0 Å². The first kappa shape index (κ1) is 18.3. The second kappa shape index (κ2) is 8.74. The van der Waals surface area contributed by atoms with Crippen LogP contribution in [0.5, 0.6) is 0 Å². The maximum Gasteiger partial charge on any atom is 0.236 e. The molecule has 5 nitrogen and oxygen atoms in total. The molecule has 3 rings (SSSR count). The molecule has 2 saturated heterocycles. The van der Waals surface area contributed by atoms with E-state index in [9.17, 15) is 14.3 Å². The third kappa shape index (κ3) is 5.23. The standard InChI is InChI=1S/C19H28FN3O2/c20-18-7-2-1-5-16(18)13-21-9-4-10-23(12-11-21)19(25)15-22-8-3-6-17(24)14-22/h1-2,5,7,17,24H,3-4,6,8-15H2/t17-/m0/s1. The van der Waals surface area contributed by atoms with Crippen molar-refractivity contribution in [1.29, 1.82) is 0 Å². The van der Waals surface area contributed by atoms with Crippen molar-refractivity contribution in [3.05, 3.63) is 35.6 Å². The van der Waals surface area contributed by atoms with Crippen LogP contribution in [-0.2, 0) is 11.3 Å². The summed E-state index contributed by atoms with van der Waals surface area (Å²) in [7, 11) is 0. The highest BCUT2D eigenvalue weighted by atomic mass is 19.1. The fraction of sp³-hybridized carbons (Fsp3) is 0.632. The lowest BCUT2D eigenvalue weighted by Gasteiger charge is -2.31.